The van der Waals surface area contributed by atoms with Gasteiger partial charge in [-0.2, -0.15) is 0 Å². The minimum atomic E-state index is -0.696. The van der Waals surface area contributed by atoms with Crippen molar-refractivity contribution in [1.29, 1.82) is 0 Å². The van der Waals surface area contributed by atoms with Gasteiger partial charge in [-0.25, -0.2) is 4.79 Å². The van der Waals surface area contributed by atoms with Crippen molar-refractivity contribution in [2.45, 2.75) is 0 Å². The molecular formula is C20H15NO5S. The number of imide groups is 1. The Morgan fingerprint density at radius 2 is 1.67 bits per heavy atom. The van der Waals surface area contributed by atoms with Crippen molar-refractivity contribution in [3.8, 4) is 11.5 Å². The van der Waals surface area contributed by atoms with Gasteiger partial charge in [-0.3, -0.25) is 14.9 Å². The first-order chi connectivity index (χ1) is 13.1. The van der Waals surface area contributed by atoms with Gasteiger partial charge in [0.05, 0.1) is 10.4 Å². The number of carbonyl (C=O) groups is 3. The number of amides is 2. The van der Waals surface area contributed by atoms with E-state index < -0.39 is 24.4 Å². The molecule has 2 aromatic carbocycles. The Morgan fingerprint density at radius 3 is 2.41 bits per heavy atom. The minimum absolute atomic E-state index is 0.237. The maximum Gasteiger partial charge on any atom is 0.338 e. The van der Waals surface area contributed by atoms with Crippen molar-refractivity contribution >= 4 is 29.1 Å². The average Bonchev–Trinajstić information content (AvgIpc) is 3.22. The first kappa shape index (κ1) is 18.3. The molecule has 3 rings (SSSR count). The van der Waals surface area contributed by atoms with Crippen LogP contribution in [0.5, 0.6) is 11.5 Å². The molecule has 0 aliphatic rings. The van der Waals surface area contributed by atoms with Gasteiger partial charge in [-0.05, 0) is 41.8 Å². The number of benzene rings is 2. The molecule has 0 aliphatic carbocycles. The highest BCUT2D eigenvalue weighted by Crippen LogP contribution is 2.22. The molecule has 1 aromatic heterocycles. The monoisotopic (exact) mass is 381 g/mol. The summed E-state index contributed by atoms with van der Waals surface area (Å²) in [6, 6.07) is 18.8. The fourth-order valence-electron chi connectivity index (χ4n) is 2.16. The van der Waals surface area contributed by atoms with Crippen LogP contribution in [0, 0.1) is 0 Å². The zero-order valence-electron chi connectivity index (χ0n) is 14.1. The first-order valence-electron chi connectivity index (χ1n) is 7.99. The van der Waals surface area contributed by atoms with Crippen LogP contribution in [0.25, 0.3) is 0 Å². The van der Waals surface area contributed by atoms with Crippen LogP contribution < -0.4 is 10.1 Å². The molecular weight excluding hydrogens is 366 g/mol. The lowest BCUT2D eigenvalue weighted by Crippen LogP contribution is -2.33. The number of hydrogen-bond donors (Lipinski definition) is 1. The molecule has 2 amide bonds. The van der Waals surface area contributed by atoms with Gasteiger partial charge < -0.3 is 9.47 Å². The van der Waals surface area contributed by atoms with Gasteiger partial charge in [0.1, 0.15) is 11.5 Å². The second kappa shape index (κ2) is 8.77. The fraction of sp³-hybridized carbons (Fsp3) is 0.0500. The molecule has 27 heavy (non-hydrogen) atoms. The SMILES string of the molecule is O=C(COC(=O)c1cccc(Oc2ccccc2)c1)NC(=O)c1cccs1. The van der Waals surface area contributed by atoms with E-state index >= 15 is 0 Å². The maximum atomic E-state index is 12.1. The smallest absolute Gasteiger partial charge is 0.338 e. The van der Waals surface area contributed by atoms with Crippen molar-refractivity contribution in [2.24, 2.45) is 0 Å². The van der Waals surface area contributed by atoms with E-state index in [1.165, 1.54) is 17.4 Å². The molecule has 0 atom stereocenters. The Hall–Kier alpha value is -3.45. The Bertz CT molecular complexity index is 938. The average molecular weight is 381 g/mol. The van der Waals surface area contributed by atoms with Crippen LogP contribution in [0.4, 0.5) is 0 Å². The zero-order valence-corrected chi connectivity index (χ0v) is 14.9. The summed E-state index contributed by atoms with van der Waals surface area (Å²) in [5.41, 5.74) is 0.237. The first-order valence-corrected chi connectivity index (χ1v) is 8.87. The molecule has 1 N–H and O–H groups in total. The zero-order chi connectivity index (χ0) is 19.1. The molecule has 0 unspecified atom stereocenters. The number of thiophene rings is 1. The molecule has 1 heterocycles. The number of carbonyl (C=O) groups excluding carboxylic acids is 3. The Labute approximate surface area is 159 Å². The lowest BCUT2D eigenvalue weighted by molar-refractivity contribution is -0.123. The van der Waals surface area contributed by atoms with Gasteiger partial charge in [0.25, 0.3) is 11.8 Å². The van der Waals surface area contributed by atoms with Crippen LogP contribution in [-0.2, 0) is 9.53 Å². The summed E-state index contributed by atoms with van der Waals surface area (Å²) in [6.45, 7) is -0.556. The van der Waals surface area contributed by atoms with Gasteiger partial charge in [0, 0.05) is 0 Å². The third-order valence-corrected chi connectivity index (χ3v) is 4.25. The summed E-state index contributed by atoms with van der Waals surface area (Å²) in [6.07, 6.45) is 0. The third kappa shape index (κ3) is 5.26. The van der Waals surface area contributed by atoms with Crippen LogP contribution in [0.2, 0.25) is 0 Å². The van der Waals surface area contributed by atoms with Crippen LogP contribution in [-0.4, -0.2) is 24.4 Å². The second-order valence-corrected chi connectivity index (χ2v) is 6.32. The van der Waals surface area contributed by atoms with E-state index in [0.717, 1.165) is 0 Å². The highest BCUT2D eigenvalue weighted by atomic mass is 32.1. The van der Waals surface area contributed by atoms with Crippen molar-refractivity contribution in [2.75, 3.05) is 6.61 Å². The summed E-state index contributed by atoms with van der Waals surface area (Å²) < 4.78 is 10.6. The summed E-state index contributed by atoms with van der Waals surface area (Å²) in [5, 5.41) is 3.89. The van der Waals surface area contributed by atoms with E-state index in [1.807, 2.05) is 18.2 Å². The van der Waals surface area contributed by atoms with Gasteiger partial charge in [0.2, 0.25) is 0 Å². The normalized spacial score (nSPS) is 10.1. The maximum absolute atomic E-state index is 12.1. The Morgan fingerprint density at radius 1 is 0.889 bits per heavy atom. The molecule has 3 aromatic rings. The molecule has 0 radical (unpaired) electrons. The van der Waals surface area contributed by atoms with E-state index in [0.29, 0.717) is 16.4 Å². The minimum Gasteiger partial charge on any atom is -0.457 e. The fourth-order valence-corrected chi connectivity index (χ4v) is 2.78. The highest BCUT2D eigenvalue weighted by molar-refractivity contribution is 7.12. The van der Waals surface area contributed by atoms with E-state index in [2.05, 4.69) is 5.32 Å². The second-order valence-electron chi connectivity index (χ2n) is 5.37. The standard InChI is InChI=1S/C20H15NO5S/c22-18(21-19(23)17-10-5-11-27-17)13-25-20(24)14-6-4-9-16(12-14)26-15-7-2-1-3-8-15/h1-12H,13H2,(H,21,22,23). The number of para-hydroxylation sites is 1. The predicted octanol–water partition coefficient (Wildman–Crippen LogP) is 3.65. The van der Waals surface area contributed by atoms with E-state index in [-0.39, 0.29) is 5.56 Å². The van der Waals surface area contributed by atoms with E-state index in [1.54, 1.807) is 47.8 Å². The quantitative estimate of drug-likeness (QED) is 0.659. The third-order valence-electron chi connectivity index (χ3n) is 3.38. The predicted molar refractivity (Wildman–Crippen MR) is 100 cm³/mol. The number of nitrogens with one attached hydrogen (secondary N) is 1. The van der Waals surface area contributed by atoms with Crippen molar-refractivity contribution < 1.29 is 23.9 Å². The molecule has 0 fully saturated rings. The van der Waals surface area contributed by atoms with Crippen LogP contribution >= 0.6 is 11.3 Å². The summed E-state index contributed by atoms with van der Waals surface area (Å²) in [7, 11) is 0. The van der Waals surface area contributed by atoms with Gasteiger partial charge in [0.15, 0.2) is 6.61 Å². The molecule has 136 valence electrons. The number of hydrogen-bond acceptors (Lipinski definition) is 6. The van der Waals surface area contributed by atoms with Crippen LogP contribution in [0.15, 0.2) is 72.1 Å². The van der Waals surface area contributed by atoms with Crippen molar-refractivity contribution in [3.63, 3.8) is 0 Å². The summed E-state index contributed by atoms with van der Waals surface area (Å²) >= 11 is 1.21. The Kier molecular flexibility index (Phi) is 5.96. The van der Waals surface area contributed by atoms with E-state index in [9.17, 15) is 14.4 Å². The lowest BCUT2D eigenvalue weighted by atomic mass is 10.2. The molecule has 0 spiro atoms. The molecule has 0 aliphatic heterocycles. The van der Waals surface area contributed by atoms with Gasteiger partial charge in [-0.1, -0.05) is 30.3 Å². The van der Waals surface area contributed by atoms with E-state index in [4.69, 9.17) is 9.47 Å². The number of ether oxygens (including phenoxy) is 2. The lowest BCUT2D eigenvalue weighted by Gasteiger charge is -2.08. The van der Waals surface area contributed by atoms with Crippen molar-refractivity contribution in [3.05, 3.63) is 82.6 Å². The Balaban J connectivity index is 1.54. The molecule has 0 bridgehead atoms. The van der Waals surface area contributed by atoms with Gasteiger partial charge in [-0.15, -0.1) is 11.3 Å². The van der Waals surface area contributed by atoms with Crippen molar-refractivity contribution in [1.82, 2.24) is 5.32 Å². The summed E-state index contributed by atoms with van der Waals surface area (Å²) in [5.74, 6) is -0.808. The molecule has 0 saturated carbocycles. The highest BCUT2D eigenvalue weighted by Gasteiger charge is 2.14. The van der Waals surface area contributed by atoms with Crippen LogP contribution in [0.3, 0.4) is 0 Å². The number of esters is 1. The molecule has 7 heteroatoms. The van der Waals surface area contributed by atoms with Gasteiger partial charge >= 0.3 is 5.97 Å². The largest absolute Gasteiger partial charge is 0.457 e. The summed E-state index contributed by atoms with van der Waals surface area (Å²) in [4.78, 5) is 36.1. The molecule has 0 saturated heterocycles. The number of rotatable bonds is 6. The topological polar surface area (TPSA) is 81.7 Å². The van der Waals surface area contributed by atoms with Crippen LogP contribution in [0.1, 0.15) is 20.0 Å². The molecule has 6 nitrogen and oxygen atoms in total.